The molecule has 1 heterocycles. The van der Waals surface area contributed by atoms with Crippen LogP contribution in [0.25, 0.3) is 0 Å². The van der Waals surface area contributed by atoms with Gasteiger partial charge in [-0.05, 0) is 38.9 Å². The Morgan fingerprint density at radius 2 is 1.74 bits per heavy atom. The summed E-state index contributed by atoms with van der Waals surface area (Å²) in [5.41, 5.74) is 0. The third kappa shape index (κ3) is 3.80. The van der Waals surface area contributed by atoms with E-state index in [4.69, 9.17) is 9.16 Å². The van der Waals surface area contributed by atoms with Crippen molar-refractivity contribution in [2.45, 2.75) is 78.1 Å². The van der Waals surface area contributed by atoms with Crippen molar-refractivity contribution < 1.29 is 14.0 Å². The van der Waals surface area contributed by atoms with Gasteiger partial charge in [0.2, 0.25) is 5.91 Å². The van der Waals surface area contributed by atoms with Gasteiger partial charge in [-0.25, -0.2) is 0 Å². The van der Waals surface area contributed by atoms with Crippen LogP contribution in [0.1, 0.15) is 41.5 Å². The van der Waals surface area contributed by atoms with Crippen LogP contribution in [0.4, 0.5) is 0 Å². The third-order valence-electron chi connectivity index (χ3n) is 4.12. The molecule has 1 saturated heterocycles. The quantitative estimate of drug-likeness (QED) is 0.625. The lowest BCUT2D eigenvalue weighted by Gasteiger charge is -2.45. The van der Waals surface area contributed by atoms with Crippen LogP contribution in [0.5, 0.6) is 0 Å². The first-order valence-corrected chi connectivity index (χ1v) is 10.00. The summed E-state index contributed by atoms with van der Waals surface area (Å²) >= 11 is 0. The number of ether oxygens (including phenoxy) is 1. The van der Waals surface area contributed by atoms with Crippen molar-refractivity contribution in [3.63, 3.8) is 0 Å². The monoisotopic (exact) mass is 287 g/mol. The van der Waals surface area contributed by atoms with Gasteiger partial charge >= 0.3 is 0 Å². The maximum atomic E-state index is 11.7. The molecule has 19 heavy (non-hydrogen) atoms. The lowest BCUT2D eigenvalue weighted by atomic mass is 9.93. The highest BCUT2D eigenvalue weighted by Crippen LogP contribution is 2.39. The summed E-state index contributed by atoms with van der Waals surface area (Å²) in [4.78, 5) is 11.7. The summed E-state index contributed by atoms with van der Waals surface area (Å²) in [5, 5.41) is 2.95. The molecule has 5 heteroatoms. The maximum absolute atomic E-state index is 11.7. The summed E-state index contributed by atoms with van der Waals surface area (Å²) in [5.74, 6) is -0.145. The normalized spacial score (nSPS) is 26.1. The summed E-state index contributed by atoms with van der Waals surface area (Å²) in [6.07, 6.45) is -0.196. The van der Waals surface area contributed by atoms with Crippen molar-refractivity contribution in [2.75, 3.05) is 0 Å². The lowest BCUT2D eigenvalue weighted by molar-refractivity contribution is -0.167. The molecule has 1 N–H and O–H groups in total. The Kier molecular flexibility index (Phi) is 4.86. The van der Waals surface area contributed by atoms with Crippen LogP contribution in [0.2, 0.25) is 18.1 Å². The summed E-state index contributed by atoms with van der Waals surface area (Å²) < 4.78 is 12.0. The van der Waals surface area contributed by atoms with E-state index in [0.29, 0.717) is 0 Å². The molecule has 1 aliphatic heterocycles. The van der Waals surface area contributed by atoms with Crippen molar-refractivity contribution in [1.82, 2.24) is 5.32 Å². The number of amides is 1. The molecule has 1 rings (SSSR count). The lowest BCUT2D eigenvalue weighted by Crippen LogP contribution is -2.65. The van der Waals surface area contributed by atoms with E-state index in [1.54, 1.807) is 0 Å². The minimum Gasteiger partial charge on any atom is -0.413 e. The molecular weight excluding hydrogens is 258 g/mol. The average molecular weight is 287 g/mol. The van der Waals surface area contributed by atoms with Crippen LogP contribution < -0.4 is 5.32 Å². The van der Waals surface area contributed by atoms with Crippen molar-refractivity contribution in [3.8, 4) is 0 Å². The number of hydrogen-bond acceptors (Lipinski definition) is 3. The molecule has 0 aromatic carbocycles. The molecule has 3 atom stereocenters. The van der Waals surface area contributed by atoms with Crippen LogP contribution in [0.15, 0.2) is 0 Å². The van der Waals surface area contributed by atoms with Gasteiger partial charge in [0, 0.05) is 0 Å². The number of nitrogens with one attached hydrogen (secondary N) is 1. The SMILES string of the molecule is CC(C)O[C@H]1NC(=O)[C@@H]1[C@@H](C)O[Si](C)(C)C(C)(C)C. The molecular formula is C14H29NO3Si. The van der Waals surface area contributed by atoms with Gasteiger partial charge in [0.25, 0.3) is 0 Å². The Hall–Kier alpha value is -0.393. The summed E-state index contributed by atoms with van der Waals surface area (Å²) in [7, 11) is -1.85. The van der Waals surface area contributed by atoms with Gasteiger partial charge in [0.05, 0.1) is 12.2 Å². The number of β-lactam (4-membered cyclic amide) rings is 1. The molecule has 0 saturated carbocycles. The molecule has 4 nitrogen and oxygen atoms in total. The highest BCUT2D eigenvalue weighted by Gasteiger charge is 2.48. The molecule has 0 unspecified atom stereocenters. The molecule has 1 amide bonds. The zero-order chi connectivity index (χ0) is 15.0. The highest BCUT2D eigenvalue weighted by atomic mass is 28.4. The Balaban J connectivity index is 2.67. The average Bonchev–Trinajstić information content (AvgIpc) is 2.12. The maximum Gasteiger partial charge on any atom is 0.232 e. The molecule has 1 fully saturated rings. The smallest absolute Gasteiger partial charge is 0.232 e. The van der Waals surface area contributed by atoms with E-state index in [2.05, 4.69) is 39.2 Å². The Morgan fingerprint density at radius 3 is 2.11 bits per heavy atom. The molecule has 0 aromatic heterocycles. The number of carbonyl (C=O) groups is 1. The fraction of sp³-hybridized carbons (Fsp3) is 0.929. The van der Waals surface area contributed by atoms with E-state index in [1.807, 2.05) is 20.8 Å². The van der Waals surface area contributed by atoms with Gasteiger partial charge in [-0.1, -0.05) is 20.8 Å². The second-order valence-electron chi connectivity index (χ2n) is 7.22. The molecule has 1 aliphatic rings. The Bertz CT molecular complexity index is 336. The standard InChI is InChI=1S/C14H29NO3Si/c1-9(2)17-13-11(12(16)15-13)10(3)18-19(7,8)14(4,5)6/h9-11,13H,1-8H3,(H,15,16)/t10-,11+,13-/m1/s1. The molecule has 0 aliphatic carbocycles. The minimum atomic E-state index is -1.85. The number of hydrogen-bond donors (Lipinski definition) is 1. The third-order valence-corrected chi connectivity index (χ3v) is 8.70. The summed E-state index contributed by atoms with van der Waals surface area (Å²) in [6, 6.07) is 0. The van der Waals surface area contributed by atoms with Gasteiger partial charge in [-0.3, -0.25) is 4.79 Å². The molecule has 0 aromatic rings. The van der Waals surface area contributed by atoms with Crippen molar-refractivity contribution in [3.05, 3.63) is 0 Å². The zero-order valence-corrected chi connectivity index (χ0v) is 14.5. The van der Waals surface area contributed by atoms with Crippen LogP contribution in [-0.2, 0) is 14.0 Å². The Labute approximate surface area is 118 Å². The van der Waals surface area contributed by atoms with E-state index >= 15 is 0 Å². The Morgan fingerprint density at radius 1 is 1.21 bits per heavy atom. The molecule has 0 radical (unpaired) electrons. The van der Waals surface area contributed by atoms with E-state index in [1.165, 1.54) is 0 Å². The highest BCUT2D eigenvalue weighted by molar-refractivity contribution is 6.74. The van der Waals surface area contributed by atoms with E-state index in [0.717, 1.165) is 0 Å². The van der Waals surface area contributed by atoms with Crippen LogP contribution in [0, 0.1) is 5.92 Å². The first kappa shape index (κ1) is 16.7. The van der Waals surface area contributed by atoms with Gasteiger partial charge in [-0.15, -0.1) is 0 Å². The van der Waals surface area contributed by atoms with Gasteiger partial charge in [0.1, 0.15) is 12.1 Å². The van der Waals surface area contributed by atoms with E-state index < -0.39 is 8.32 Å². The van der Waals surface area contributed by atoms with E-state index in [-0.39, 0.29) is 35.3 Å². The first-order chi connectivity index (χ1) is 8.45. The number of rotatable bonds is 5. The van der Waals surface area contributed by atoms with Crippen LogP contribution >= 0.6 is 0 Å². The van der Waals surface area contributed by atoms with Crippen LogP contribution in [0.3, 0.4) is 0 Å². The first-order valence-electron chi connectivity index (χ1n) is 7.09. The largest absolute Gasteiger partial charge is 0.413 e. The second-order valence-corrected chi connectivity index (χ2v) is 12.0. The van der Waals surface area contributed by atoms with Gasteiger partial charge in [0.15, 0.2) is 8.32 Å². The fourth-order valence-corrected chi connectivity index (χ4v) is 3.38. The van der Waals surface area contributed by atoms with Crippen molar-refractivity contribution in [2.24, 2.45) is 5.92 Å². The predicted octanol–water partition coefficient (Wildman–Crippen LogP) is 2.89. The fourth-order valence-electron chi connectivity index (χ4n) is 1.95. The molecule has 0 bridgehead atoms. The second kappa shape index (κ2) is 5.54. The van der Waals surface area contributed by atoms with Gasteiger partial charge < -0.3 is 14.5 Å². The van der Waals surface area contributed by atoms with Crippen molar-refractivity contribution >= 4 is 14.2 Å². The minimum absolute atomic E-state index is 0.0388. The van der Waals surface area contributed by atoms with Crippen LogP contribution in [-0.4, -0.2) is 32.7 Å². The molecule has 0 spiro atoms. The number of carbonyl (C=O) groups excluding carboxylic acids is 1. The molecule has 112 valence electrons. The summed E-state index contributed by atoms with van der Waals surface area (Å²) in [6.45, 7) is 17.0. The zero-order valence-electron chi connectivity index (χ0n) is 13.5. The van der Waals surface area contributed by atoms with Crippen molar-refractivity contribution in [1.29, 1.82) is 0 Å². The predicted molar refractivity (Wildman–Crippen MR) is 79.4 cm³/mol. The van der Waals surface area contributed by atoms with E-state index in [9.17, 15) is 4.79 Å². The topological polar surface area (TPSA) is 47.6 Å². The van der Waals surface area contributed by atoms with Gasteiger partial charge in [-0.2, -0.15) is 0 Å².